The summed E-state index contributed by atoms with van der Waals surface area (Å²) in [5, 5.41) is 14.0. The molecule has 1 N–H and O–H groups in total. The van der Waals surface area contributed by atoms with Crippen LogP contribution >= 0.6 is 11.6 Å². The van der Waals surface area contributed by atoms with Gasteiger partial charge in [0.2, 0.25) is 0 Å². The molecule has 2 rings (SSSR count). The van der Waals surface area contributed by atoms with E-state index in [-0.39, 0.29) is 22.9 Å². The fourth-order valence-corrected chi connectivity index (χ4v) is 2.16. The maximum atomic E-state index is 13.0. The molecule has 0 saturated carbocycles. The number of rotatable bonds is 5. The Morgan fingerprint density at radius 1 is 1.19 bits per heavy atom. The standard InChI is InChI=1S/C14H11ClF2N2O2/c15-12-2-1-3-13(19(20)21)14(12)18-5-4-9-6-10(16)8-11(17)7-9/h1-3,6-8,18H,4-5H2. The molecule has 0 amide bonds. The number of nitro groups is 1. The lowest BCUT2D eigenvalue weighted by Crippen LogP contribution is -2.07. The van der Waals surface area contributed by atoms with E-state index in [0.29, 0.717) is 12.0 Å². The van der Waals surface area contributed by atoms with Crippen molar-refractivity contribution in [2.45, 2.75) is 6.42 Å². The van der Waals surface area contributed by atoms with Crippen LogP contribution in [0.5, 0.6) is 0 Å². The van der Waals surface area contributed by atoms with Crippen LogP contribution in [0.1, 0.15) is 5.56 Å². The Kier molecular flexibility index (Phi) is 4.70. The van der Waals surface area contributed by atoms with Crippen molar-refractivity contribution in [3.63, 3.8) is 0 Å². The van der Waals surface area contributed by atoms with Crippen LogP contribution in [0.15, 0.2) is 36.4 Å². The summed E-state index contributed by atoms with van der Waals surface area (Å²) in [6.45, 7) is 0.257. The topological polar surface area (TPSA) is 55.2 Å². The van der Waals surface area contributed by atoms with Gasteiger partial charge < -0.3 is 5.32 Å². The molecule has 0 aliphatic carbocycles. The Morgan fingerprint density at radius 2 is 1.86 bits per heavy atom. The van der Waals surface area contributed by atoms with Crippen LogP contribution in [-0.2, 0) is 6.42 Å². The smallest absolute Gasteiger partial charge is 0.293 e. The first-order chi connectivity index (χ1) is 9.97. The van der Waals surface area contributed by atoms with E-state index in [1.165, 1.54) is 30.3 Å². The van der Waals surface area contributed by atoms with Crippen molar-refractivity contribution in [3.8, 4) is 0 Å². The third kappa shape index (κ3) is 3.88. The zero-order valence-electron chi connectivity index (χ0n) is 10.8. The van der Waals surface area contributed by atoms with Crippen LogP contribution in [0, 0.1) is 21.7 Å². The molecule has 0 spiro atoms. The lowest BCUT2D eigenvalue weighted by atomic mass is 10.1. The summed E-state index contributed by atoms with van der Waals surface area (Å²) in [5.41, 5.74) is 0.503. The summed E-state index contributed by atoms with van der Waals surface area (Å²) < 4.78 is 26.1. The van der Waals surface area contributed by atoms with Crippen molar-refractivity contribution in [2.24, 2.45) is 0 Å². The molecule has 2 aromatic rings. The number of benzene rings is 2. The van der Waals surface area contributed by atoms with E-state index in [0.717, 1.165) is 6.07 Å². The summed E-state index contributed by atoms with van der Waals surface area (Å²) in [6, 6.07) is 7.55. The molecular formula is C14H11ClF2N2O2. The molecule has 0 bridgehead atoms. The largest absolute Gasteiger partial charge is 0.378 e. The first-order valence-electron chi connectivity index (χ1n) is 6.09. The molecule has 0 radical (unpaired) electrons. The number of nitro benzene ring substituents is 1. The monoisotopic (exact) mass is 312 g/mol. The second-order valence-corrected chi connectivity index (χ2v) is 4.75. The Balaban J connectivity index is 2.08. The Bertz CT molecular complexity index is 660. The van der Waals surface area contributed by atoms with E-state index in [4.69, 9.17) is 11.6 Å². The SMILES string of the molecule is O=[N+]([O-])c1cccc(Cl)c1NCCc1cc(F)cc(F)c1. The van der Waals surface area contributed by atoms with Crippen molar-refractivity contribution in [1.29, 1.82) is 0 Å². The summed E-state index contributed by atoms with van der Waals surface area (Å²) in [4.78, 5) is 10.4. The maximum Gasteiger partial charge on any atom is 0.293 e. The minimum Gasteiger partial charge on any atom is -0.378 e. The second kappa shape index (κ2) is 6.49. The van der Waals surface area contributed by atoms with Gasteiger partial charge in [-0.2, -0.15) is 0 Å². The third-order valence-electron chi connectivity index (χ3n) is 2.83. The van der Waals surface area contributed by atoms with Gasteiger partial charge in [0.1, 0.15) is 17.3 Å². The van der Waals surface area contributed by atoms with E-state index < -0.39 is 16.6 Å². The molecule has 0 saturated heterocycles. The highest BCUT2D eigenvalue weighted by atomic mass is 35.5. The highest BCUT2D eigenvalue weighted by molar-refractivity contribution is 6.33. The van der Waals surface area contributed by atoms with Gasteiger partial charge in [-0.1, -0.05) is 17.7 Å². The Hall–Kier alpha value is -2.21. The molecule has 7 heteroatoms. The fourth-order valence-electron chi connectivity index (χ4n) is 1.93. The van der Waals surface area contributed by atoms with E-state index in [9.17, 15) is 18.9 Å². The quantitative estimate of drug-likeness (QED) is 0.665. The highest BCUT2D eigenvalue weighted by Gasteiger charge is 2.15. The van der Waals surface area contributed by atoms with E-state index in [1.807, 2.05) is 0 Å². The van der Waals surface area contributed by atoms with Gasteiger partial charge in [-0.05, 0) is 30.2 Å². The average molecular weight is 313 g/mol. The van der Waals surface area contributed by atoms with E-state index in [2.05, 4.69) is 5.32 Å². The molecule has 0 aliphatic rings. The average Bonchev–Trinajstić information content (AvgIpc) is 2.39. The zero-order chi connectivity index (χ0) is 15.4. The van der Waals surface area contributed by atoms with Crippen LogP contribution in [0.4, 0.5) is 20.2 Å². The molecule has 0 unspecified atom stereocenters. The van der Waals surface area contributed by atoms with Crippen molar-refractivity contribution in [2.75, 3.05) is 11.9 Å². The molecule has 2 aromatic carbocycles. The third-order valence-corrected chi connectivity index (χ3v) is 3.14. The van der Waals surface area contributed by atoms with Crippen molar-refractivity contribution in [3.05, 3.63) is 68.7 Å². The van der Waals surface area contributed by atoms with Gasteiger partial charge in [-0.15, -0.1) is 0 Å². The maximum absolute atomic E-state index is 13.0. The molecule has 0 atom stereocenters. The highest BCUT2D eigenvalue weighted by Crippen LogP contribution is 2.31. The molecule has 0 fully saturated rings. The van der Waals surface area contributed by atoms with Gasteiger partial charge in [-0.3, -0.25) is 10.1 Å². The van der Waals surface area contributed by atoms with Crippen molar-refractivity contribution >= 4 is 23.0 Å². The minimum absolute atomic E-state index is 0.145. The summed E-state index contributed by atoms with van der Waals surface area (Å²) >= 11 is 5.92. The molecule has 110 valence electrons. The summed E-state index contributed by atoms with van der Waals surface area (Å²) in [6.07, 6.45) is 0.303. The number of anilines is 1. The van der Waals surface area contributed by atoms with Crippen LogP contribution in [0.25, 0.3) is 0 Å². The van der Waals surface area contributed by atoms with Gasteiger partial charge in [0.05, 0.1) is 9.95 Å². The zero-order valence-corrected chi connectivity index (χ0v) is 11.5. The van der Waals surface area contributed by atoms with Gasteiger partial charge >= 0.3 is 0 Å². The molecule has 4 nitrogen and oxygen atoms in total. The van der Waals surface area contributed by atoms with Crippen molar-refractivity contribution in [1.82, 2.24) is 0 Å². The number of halogens is 3. The normalized spacial score (nSPS) is 10.4. The number of hydrogen-bond donors (Lipinski definition) is 1. The van der Waals surface area contributed by atoms with Gasteiger partial charge in [0, 0.05) is 18.7 Å². The van der Waals surface area contributed by atoms with Gasteiger partial charge in [0.15, 0.2) is 0 Å². The molecule has 0 aliphatic heterocycles. The fraction of sp³-hybridized carbons (Fsp3) is 0.143. The van der Waals surface area contributed by atoms with Gasteiger partial charge in [-0.25, -0.2) is 8.78 Å². The first kappa shape index (κ1) is 15.2. The lowest BCUT2D eigenvalue weighted by Gasteiger charge is -2.09. The number of para-hydroxylation sites is 1. The van der Waals surface area contributed by atoms with E-state index >= 15 is 0 Å². The molecule has 21 heavy (non-hydrogen) atoms. The summed E-state index contributed by atoms with van der Waals surface area (Å²) in [5.74, 6) is -1.32. The first-order valence-corrected chi connectivity index (χ1v) is 6.47. The molecule has 0 heterocycles. The number of nitrogens with one attached hydrogen (secondary N) is 1. The summed E-state index contributed by atoms with van der Waals surface area (Å²) in [7, 11) is 0. The van der Waals surface area contributed by atoms with Gasteiger partial charge in [0.25, 0.3) is 5.69 Å². The minimum atomic E-state index is -0.659. The van der Waals surface area contributed by atoms with Crippen LogP contribution < -0.4 is 5.32 Å². The van der Waals surface area contributed by atoms with Crippen LogP contribution in [0.2, 0.25) is 5.02 Å². The van der Waals surface area contributed by atoms with Crippen LogP contribution in [0.3, 0.4) is 0 Å². The molecule has 0 aromatic heterocycles. The second-order valence-electron chi connectivity index (χ2n) is 4.35. The van der Waals surface area contributed by atoms with E-state index in [1.54, 1.807) is 0 Å². The predicted molar refractivity (Wildman–Crippen MR) is 76.7 cm³/mol. The lowest BCUT2D eigenvalue weighted by molar-refractivity contribution is -0.383. The number of nitrogens with zero attached hydrogens (tertiary/aromatic N) is 1. The predicted octanol–water partition coefficient (Wildman–Crippen LogP) is 4.18. The Morgan fingerprint density at radius 3 is 2.48 bits per heavy atom. The Labute approximate surface area is 124 Å². The molecular weight excluding hydrogens is 302 g/mol. The van der Waals surface area contributed by atoms with Crippen molar-refractivity contribution < 1.29 is 13.7 Å². The number of hydrogen-bond acceptors (Lipinski definition) is 3. The van der Waals surface area contributed by atoms with Crippen LogP contribution in [-0.4, -0.2) is 11.5 Å².